The number of rotatable bonds is 30. The molecular formula is C67H77NO10. The fourth-order valence-electron chi connectivity index (χ4n) is 10.6. The van der Waals surface area contributed by atoms with Crippen LogP contribution in [0.2, 0.25) is 0 Å². The maximum absolute atomic E-state index is 13.2. The Bertz CT molecular complexity index is 2730. The van der Waals surface area contributed by atoms with Crippen molar-refractivity contribution in [2.45, 2.75) is 140 Å². The number of unbranched alkanes of at least 4 members (excludes halogenated alkanes) is 6. The molecule has 0 radical (unpaired) electrons. The molecule has 0 N–H and O–H groups in total. The molecule has 0 atom stereocenters. The number of esters is 4. The number of carbonyl (C=O) groups is 4. The van der Waals surface area contributed by atoms with Crippen molar-refractivity contribution in [3.8, 4) is 51.3 Å². The number of hydrogen-bond donors (Lipinski definition) is 0. The average Bonchev–Trinajstić information content (AvgIpc) is 3.51. The van der Waals surface area contributed by atoms with Crippen LogP contribution in [0.3, 0.4) is 0 Å². The molecule has 11 nitrogen and oxygen atoms in total. The molecule has 11 heteroatoms. The van der Waals surface area contributed by atoms with Crippen molar-refractivity contribution in [2.75, 3.05) is 26.4 Å². The standard InChI is InChI=1S/C67H77NO10/c1-3-64(69)75-45-11-7-5-9-43-73-60-36-32-58(33-37-60)56-28-24-54(25-29-56)52-20-13-49(14-21-52)18-41-66(71)77-62-40-17-51(48-68)47-63(62)78-67(72)42-19-50-15-22-53(23-16-50)55-26-30-57(31-27-55)59-34-38-61(39-35-59)74-44-10-6-8-12-46-76-65(70)4-2/h3-4,17,24-40,47,49-50,52-53H,1-2,5-16,18-23,41-46H2/t49-,50-,52-,53-. The lowest BCUT2D eigenvalue weighted by atomic mass is 9.77. The maximum Gasteiger partial charge on any atom is 0.330 e. The highest BCUT2D eigenvalue weighted by atomic mass is 16.6. The lowest BCUT2D eigenvalue weighted by molar-refractivity contribution is -0.138. The summed E-state index contributed by atoms with van der Waals surface area (Å²) in [4.78, 5) is 48.7. The van der Waals surface area contributed by atoms with E-state index >= 15 is 0 Å². The highest BCUT2D eigenvalue weighted by molar-refractivity contribution is 5.81. The zero-order chi connectivity index (χ0) is 54.7. The van der Waals surface area contributed by atoms with E-state index in [1.807, 2.05) is 24.3 Å². The fraction of sp³-hybridized carbons (Fsp3) is 0.418. The van der Waals surface area contributed by atoms with Crippen LogP contribution in [0.1, 0.15) is 157 Å². The smallest absolute Gasteiger partial charge is 0.330 e. The molecule has 0 unspecified atom stereocenters. The molecule has 0 bridgehead atoms. The lowest BCUT2D eigenvalue weighted by Gasteiger charge is -2.29. The molecule has 2 saturated carbocycles. The molecule has 2 aliphatic rings. The summed E-state index contributed by atoms with van der Waals surface area (Å²) in [6.45, 7) is 8.96. The van der Waals surface area contributed by atoms with Crippen LogP contribution in [-0.2, 0) is 28.7 Å². The molecule has 5 aromatic carbocycles. The van der Waals surface area contributed by atoms with Crippen molar-refractivity contribution in [1.82, 2.24) is 0 Å². The topological polar surface area (TPSA) is 147 Å². The minimum Gasteiger partial charge on any atom is -0.494 e. The third-order valence-electron chi connectivity index (χ3n) is 15.3. The summed E-state index contributed by atoms with van der Waals surface area (Å²) in [5, 5.41) is 9.61. The van der Waals surface area contributed by atoms with Gasteiger partial charge in [0.15, 0.2) is 11.5 Å². The molecule has 0 aliphatic heterocycles. The molecule has 2 fully saturated rings. The van der Waals surface area contributed by atoms with Crippen LogP contribution in [0.25, 0.3) is 22.3 Å². The summed E-state index contributed by atoms with van der Waals surface area (Å²) in [6, 6.07) is 40.9. The van der Waals surface area contributed by atoms with Gasteiger partial charge >= 0.3 is 23.9 Å². The van der Waals surface area contributed by atoms with E-state index in [0.717, 1.165) is 137 Å². The van der Waals surface area contributed by atoms with Gasteiger partial charge in [0.2, 0.25) is 0 Å². The van der Waals surface area contributed by atoms with Gasteiger partial charge in [-0.2, -0.15) is 5.26 Å². The van der Waals surface area contributed by atoms with Gasteiger partial charge in [-0.25, -0.2) is 9.59 Å². The van der Waals surface area contributed by atoms with Gasteiger partial charge in [-0.05, 0) is 209 Å². The molecule has 0 heterocycles. The molecule has 78 heavy (non-hydrogen) atoms. The summed E-state index contributed by atoms with van der Waals surface area (Å²) in [5.41, 5.74) is 7.62. The summed E-state index contributed by atoms with van der Waals surface area (Å²) in [7, 11) is 0. The van der Waals surface area contributed by atoms with E-state index in [2.05, 4.69) is 92.0 Å². The van der Waals surface area contributed by atoms with E-state index in [4.69, 9.17) is 28.4 Å². The van der Waals surface area contributed by atoms with Crippen molar-refractivity contribution in [3.63, 3.8) is 0 Å². The SMILES string of the molecule is C=CC(=O)OCCCCCCOc1ccc(-c2ccc([C@H]3CC[C@H](CCC(=O)Oc4ccc(C#N)cc4OC(=O)CC[C@H]4CC[C@H](c5ccc(-c6ccc(OCCCCCCOC(=O)C=C)cc6)cc5)CC4)CC3)cc2)cc1. The summed E-state index contributed by atoms with van der Waals surface area (Å²) in [5.74, 6) is 2.25. The second kappa shape index (κ2) is 31.7. The molecule has 410 valence electrons. The molecule has 7 rings (SSSR count). The molecule has 5 aromatic rings. The zero-order valence-corrected chi connectivity index (χ0v) is 45.3. The minimum absolute atomic E-state index is 0.105. The Labute approximate surface area is 461 Å². The van der Waals surface area contributed by atoms with Crippen LogP contribution in [0.4, 0.5) is 0 Å². The van der Waals surface area contributed by atoms with Crippen molar-refractivity contribution in [3.05, 3.63) is 157 Å². The third-order valence-corrected chi connectivity index (χ3v) is 15.3. The van der Waals surface area contributed by atoms with Crippen LogP contribution >= 0.6 is 0 Å². The van der Waals surface area contributed by atoms with Gasteiger partial charge in [0.1, 0.15) is 11.5 Å². The number of carbonyl (C=O) groups excluding carboxylic acids is 4. The second-order valence-corrected chi connectivity index (χ2v) is 20.8. The number of nitriles is 1. The maximum atomic E-state index is 13.2. The predicted octanol–water partition coefficient (Wildman–Crippen LogP) is 15.5. The van der Waals surface area contributed by atoms with Crippen LogP contribution in [0.15, 0.2) is 141 Å². The normalized spacial score (nSPS) is 16.9. The van der Waals surface area contributed by atoms with E-state index in [9.17, 15) is 24.4 Å². The quantitative estimate of drug-likeness (QED) is 0.0187. The van der Waals surface area contributed by atoms with Gasteiger partial charge in [-0.15, -0.1) is 0 Å². The van der Waals surface area contributed by atoms with Crippen LogP contribution < -0.4 is 18.9 Å². The van der Waals surface area contributed by atoms with Gasteiger partial charge in [0.05, 0.1) is 38.1 Å². The van der Waals surface area contributed by atoms with E-state index in [1.165, 1.54) is 34.9 Å². The Morgan fingerprint density at radius 1 is 0.462 bits per heavy atom. The number of nitrogens with zero attached hydrogens (tertiary/aromatic N) is 1. The first-order chi connectivity index (χ1) is 38.2. The Balaban J connectivity index is 0.760. The Hall–Kier alpha value is -7.45. The summed E-state index contributed by atoms with van der Waals surface area (Å²) < 4.78 is 33.5. The zero-order valence-electron chi connectivity index (χ0n) is 45.3. The van der Waals surface area contributed by atoms with Gasteiger partial charge in [0.25, 0.3) is 0 Å². The Morgan fingerprint density at radius 2 is 0.833 bits per heavy atom. The number of hydrogen-bond acceptors (Lipinski definition) is 11. The molecule has 0 saturated heterocycles. The van der Waals surface area contributed by atoms with Crippen molar-refractivity contribution in [2.24, 2.45) is 11.8 Å². The Kier molecular flexibility index (Phi) is 23.7. The first-order valence-electron chi connectivity index (χ1n) is 28.4. The van der Waals surface area contributed by atoms with E-state index in [0.29, 0.717) is 62.1 Å². The van der Waals surface area contributed by atoms with Gasteiger partial charge in [0, 0.05) is 31.1 Å². The van der Waals surface area contributed by atoms with Crippen molar-refractivity contribution >= 4 is 23.9 Å². The van der Waals surface area contributed by atoms with E-state index < -0.39 is 5.97 Å². The minimum atomic E-state index is -0.397. The van der Waals surface area contributed by atoms with Crippen molar-refractivity contribution in [1.29, 1.82) is 5.26 Å². The summed E-state index contributed by atoms with van der Waals surface area (Å²) >= 11 is 0. The molecule has 0 spiro atoms. The molecule has 0 aromatic heterocycles. The number of ether oxygens (including phenoxy) is 6. The Morgan fingerprint density at radius 3 is 1.22 bits per heavy atom. The highest BCUT2D eigenvalue weighted by Crippen LogP contribution is 2.40. The van der Waals surface area contributed by atoms with E-state index in [-0.39, 0.29) is 42.2 Å². The summed E-state index contributed by atoms with van der Waals surface area (Å²) in [6.07, 6.45) is 20.3. The number of benzene rings is 5. The molecular weight excluding hydrogens is 979 g/mol. The second-order valence-electron chi connectivity index (χ2n) is 20.8. The van der Waals surface area contributed by atoms with Crippen LogP contribution in [-0.4, -0.2) is 50.3 Å². The monoisotopic (exact) mass is 1060 g/mol. The van der Waals surface area contributed by atoms with Gasteiger partial charge in [-0.1, -0.05) is 86.0 Å². The molecule has 0 amide bonds. The van der Waals surface area contributed by atoms with Crippen LogP contribution in [0, 0.1) is 23.2 Å². The highest BCUT2D eigenvalue weighted by Gasteiger charge is 2.26. The third kappa shape index (κ3) is 19.2. The first kappa shape index (κ1) is 58.2. The molecule has 2 aliphatic carbocycles. The lowest BCUT2D eigenvalue weighted by Crippen LogP contribution is -2.17. The van der Waals surface area contributed by atoms with Crippen LogP contribution in [0.5, 0.6) is 23.0 Å². The van der Waals surface area contributed by atoms with Gasteiger partial charge in [-0.3, -0.25) is 9.59 Å². The van der Waals surface area contributed by atoms with E-state index in [1.54, 1.807) is 12.1 Å². The first-order valence-corrected chi connectivity index (χ1v) is 28.4. The fourth-order valence-corrected chi connectivity index (χ4v) is 10.6. The predicted molar refractivity (Wildman–Crippen MR) is 304 cm³/mol. The van der Waals surface area contributed by atoms with Gasteiger partial charge < -0.3 is 28.4 Å². The average molecular weight is 1060 g/mol. The van der Waals surface area contributed by atoms with Crippen molar-refractivity contribution < 1.29 is 47.6 Å². The largest absolute Gasteiger partial charge is 0.494 e.